The van der Waals surface area contributed by atoms with Crippen molar-refractivity contribution in [3.8, 4) is 0 Å². The van der Waals surface area contributed by atoms with Gasteiger partial charge in [0.2, 0.25) is 15.9 Å². The maximum Gasteiger partial charge on any atom is 0.243 e. The molecule has 1 amide bonds. The minimum atomic E-state index is -3.90. The first kappa shape index (κ1) is 22.0. The van der Waals surface area contributed by atoms with Crippen LogP contribution in [0.5, 0.6) is 0 Å². The van der Waals surface area contributed by atoms with Gasteiger partial charge in [0, 0.05) is 18.1 Å². The summed E-state index contributed by atoms with van der Waals surface area (Å²) in [4.78, 5) is 12.7. The fourth-order valence-corrected chi connectivity index (χ4v) is 4.47. The molecule has 1 N–H and O–H groups in total. The molecule has 0 aliphatic carbocycles. The van der Waals surface area contributed by atoms with E-state index in [-0.39, 0.29) is 23.9 Å². The third-order valence-corrected chi connectivity index (χ3v) is 6.77. The van der Waals surface area contributed by atoms with E-state index in [1.807, 2.05) is 61.5 Å². The lowest BCUT2D eigenvalue weighted by Gasteiger charge is -2.23. The third kappa shape index (κ3) is 5.69. The number of nitrogens with one attached hydrogen (secondary N) is 1. The Labute approximate surface area is 182 Å². The zero-order chi connectivity index (χ0) is 21.6. The van der Waals surface area contributed by atoms with E-state index in [9.17, 15) is 13.2 Å². The predicted octanol–water partition coefficient (Wildman–Crippen LogP) is 4.16. The molecule has 0 aliphatic heterocycles. The molecule has 0 bridgehead atoms. The first-order valence-corrected chi connectivity index (χ1v) is 11.3. The van der Waals surface area contributed by atoms with Crippen molar-refractivity contribution in [3.63, 3.8) is 0 Å². The van der Waals surface area contributed by atoms with Crippen LogP contribution in [0.3, 0.4) is 0 Å². The van der Waals surface area contributed by atoms with Crippen molar-refractivity contribution < 1.29 is 13.2 Å². The maximum atomic E-state index is 13.3. The molecule has 0 radical (unpaired) electrons. The summed E-state index contributed by atoms with van der Waals surface area (Å²) >= 11 is 5.90. The number of amides is 1. The molecule has 5 nitrogen and oxygen atoms in total. The quantitative estimate of drug-likeness (QED) is 0.569. The normalized spacial score (nSPS) is 11.4. The van der Waals surface area contributed by atoms with Gasteiger partial charge in [0.25, 0.3) is 0 Å². The number of hydrogen-bond acceptors (Lipinski definition) is 3. The molecule has 3 aromatic rings. The average Bonchev–Trinajstić information content (AvgIpc) is 2.74. The van der Waals surface area contributed by atoms with Crippen molar-refractivity contribution in [2.45, 2.75) is 24.9 Å². The Hall–Kier alpha value is -2.67. The molecule has 3 aromatic carbocycles. The fraction of sp³-hybridized carbons (Fsp3) is 0.174. The highest BCUT2D eigenvalue weighted by Crippen LogP contribution is 2.21. The zero-order valence-electron chi connectivity index (χ0n) is 16.6. The van der Waals surface area contributed by atoms with Gasteiger partial charge in [-0.25, -0.2) is 8.42 Å². The van der Waals surface area contributed by atoms with E-state index in [4.69, 9.17) is 11.6 Å². The van der Waals surface area contributed by atoms with Crippen molar-refractivity contribution in [2.24, 2.45) is 0 Å². The van der Waals surface area contributed by atoms with E-state index < -0.39 is 10.0 Å². The van der Waals surface area contributed by atoms with Crippen LogP contribution in [0, 0.1) is 6.92 Å². The monoisotopic (exact) mass is 442 g/mol. The lowest BCUT2D eigenvalue weighted by molar-refractivity contribution is -0.121. The number of aryl methyl sites for hydroxylation is 1. The number of hydrogen-bond donors (Lipinski definition) is 1. The highest BCUT2D eigenvalue weighted by atomic mass is 35.5. The topological polar surface area (TPSA) is 66.5 Å². The lowest BCUT2D eigenvalue weighted by atomic mass is 10.1. The largest absolute Gasteiger partial charge is 0.351 e. The van der Waals surface area contributed by atoms with Crippen LogP contribution in [-0.2, 0) is 27.9 Å². The van der Waals surface area contributed by atoms with Gasteiger partial charge in [0.1, 0.15) is 0 Å². The number of carbonyl (C=O) groups is 1. The van der Waals surface area contributed by atoms with Crippen molar-refractivity contribution in [1.29, 1.82) is 0 Å². The van der Waals surface area contributed by atoms with Crippen LogP contribution in [0.2, 0.25) is 5.02 Å². The second-order valence-corrected chi connectivity index (χ2v) is 9.29. The maximum absolute atomic E-state index is 13.3. The molecular formula is C23H23ClN2O3S. The Kier molecular flexibility index (Phi) is 7.26. The van der Waals surface area contributed by atoms with E-state index in [0.29, 0.717) is 11.6 Å². The van der Waals surface area contributed by atoms with E-state index in [1.54, 1.807) is 0 Å². The number of benzene rings is 3. The van der Waals surface area contributed by atoms with Crippen molar-refractivity contribution in [3.05, 3.63) is 101 Å². The van der Waals surface area contributed by atoms with Crippen molar-refractivity contribution in [2.75, 3.05) is 6.54 Å². The Morgan fingerprint density at radius 2 is 1.57 bits per heavy atom. The minimum absolute atomic E-state index is 0.0936. The van der Waals surface area contributed by atoms with Crippen molar-refractivity contribution >= 4 is 27.5 Å². The van der Waals surface area contributed by atoms with E-state index in [2.05, 4.69) is 5.32 Å². The van der Waals surface area contributed by atoms with Crippen molar-refractivity contribution in [1.82, 2.24) is 9.62 Å². The highest BCUT2D eigenvalue weighted by Gasteiger charge is 2.27. The summed E-state index contributed by atoms with van der Waals surface area (Å²) in [5, 5.41) is 3.24. The first-order chi connectivity index (χ1) is 14.4. The van der Waals surface area contributed by atoms with Gasteiger partial charge in [-0.05, 0) is 47.9 Å². The first-order valence-electron chi connectivity index (χ1n) is 9.47. The van der Waals surface area contributed by atoms with Crippen LogP contribution in [0.1, 0.15) is 16.7 Å². The summed E-state index contributed by atoms with van der Waals surface area (Å²) < 4.78 is 27.7. The molecule has 0 spiro atoms. The van der Waals surface area contributed by atoms with E-state index in [1.165, 1.54) is 28.6 Å². The van der Waals surface area contributed by atoms with Crippen LogP contribution in [-0.4, -0.2) is 25.2 Å². The van der Waals surface area contributed by atoms with Gasteiger partial charge < -0.3 is 5.32 Å². The molecule has 7 heteroatoms. The molecule has 0 fully saturated rings. The second kappa shape index (κ2) is 9.89. The van der Waals surface area contributed by atoms with Gasteiger partial charge in [-0.1, -0.05) is 66.2 Å². The Morgan fingerprint density at radius 3 is 2.23 bits per heavy atom. The van der Waals surface area contributed by atoms with Crippen LogP contribution in [0.25, 0.3) is 0 Å². The Balaban J connectivity index is 1.82. The van der Waals surface area contributed by atoms with Gasteiger partial charge >= 0.3 is 0 Å². The number of nitrogens with zero attached hydrogens (tertiary/aromatic N) is 1. The molecule has 0 saturated carbocycles. The molecule has 30 heavy (non-hydrogen) atoms. The Bertz CT molecular complexity index is 1100. The molecule has 0 heterocycles. The van der Waals surface area contributed by atoms with E-state index >= 15 is 0 Å². The van der Waals surface area contributed by atoms with Gasteiger partial charge in [-0.15, -0.1) is 0 Å². The smallest absolute Gasteiger partial charge is 0.243 e. The van der Waals surface area contributed by atoms with E-state index in [0.717, 1.165) is 16.7 Å². The predicted molar refractivity (Wildman–Crippen MR) is 119 cm³/mol. The average molecular weight is 443 g/mol. The number of halogens is 1. The summed E-state index contributed by atoms with van der Waals surface area (Å²) in [6.07, 6.45) is 0. The summed E-state index contributed by atoms with van der Waals surface area (Å²) in [7, 11) is -3.90. The third-order valence-electron chi connectivity index (χ3n) is 4.71. The van der Waals surface area contributed by atoms with Gasteiger partial charge in [-0.2, -0.15) is 4.31 Å². The summed E-state index contributed by atoms with van der Waals surface area (Å²) in [6, 6.07) is 22.9. The van der Waals surface area contributed by atoms with Gasteiger partial charge in [-0.3, -0.25) is 4.79 Å². The summed E-state index contributed by atoms with van der Waals surface area (Å²) in [6.45, 7) is 2.05. The molecule has 156 valence electrons. The van der Waals surface area contributed by atoms with Crippen LogP contribution >= 0.6 is 11.6 Å². The van der Waals surface area contributed by atoms with Crippen LogP contribution < -0.4 is 5.32 Å². The number of sulfonamides is 1. The SMILES string of the molecule is Cc1ccccc1CN(CC(=O)NCc1ccccc1)S(=O)(=O)c1ccc(Cl)cc1. The molecule has 3 rings (SSSR count). The standard InChI is InChI=1S/C23H23ClN2O3S/c1-18-7-5-6-10-20(18)16-26(30(28,29)22-13-11-21(24)12-14-22)17-23(27)25-15-19-8-3-2-4-9-19/h2-14H,15-17H2,1H3,(H,25,27). The van der Waals surface area contributed by atoms with Crippen LogP contribution in [0.4, 0.5) is 0 Å². The fourth-order valence-electron chi connectivity index (χ4n) is 2.97. The number of carbonyl (C=O) groups excluding carboxylic acids is 1. The molecule has 0 aromatic heterocycles. The highest BCUT2D eigenvalue weighted by molar-refractivity contribution is 7.89. The Morgan fingerprint density at radius 1 is 0.933 bits per heavy atom. The van der Waals surface area contributed by atoms with Gasteiger partial charge in [0.15, 0.2) is 0 Å². The second-order valence-electron chi connectivity index (χ2n) is 6.92. The summed E-state index contributed by atoms with van der Waals surface area (Å²) in [5.74, 6) is -0.370. The lowest BCUT2D eigenvalue weighted by Crippen LogP contribution is -2.40. The molecule has 0 unspecified atom stereocenters. The van der Waals surface area contributed by atoms with Crippen LogP contribution in [0.15, 0.2) is 83.8 Å². The molecular weight excluding hydrogens is 420 g/mol. The van der Waals surface area contributed by atoms with Gasteiger partial charge in [0.05, 0.1) is 11.4 Å². The zero-order valence-corrected chi connectivity index (χ0v) is 18.2. The summed E-state index contributed by atoms with van der Waals surface area (Å²) in [5.41, 5.74) is 2.74. The minimum Gasteiger partial charge on any atom is -0.351 e. The molecule has 0 saturated heterocycles. The number of rotatable bonds is 8. The molecule has 0 aliphatic rings. The molecule has 0 atom stereocenters.